The number of halogens is 1. The van der Waals surface area contributed by atoms with Gasteiger partial charge in [0.15, 0.2) is 9.84 Å². The topological polar surface area (TPSA) is 46.2 Å². The highest BCUT2D eigenvalue weighted by molar-refractivity contribution is 7.91. The van der Waals surface area contributed by atoms with Crippen LogP contribution in [0.15, 0.2) is 0 Å². The molecule has 0 saturated carbocycles. The van der Waals surface area contributed by atoms with Crippen molar-refractivity contribution in [2.75, 3.05) is 30.5 Å². The van der Waals surface area contributed by atoms with Crippen LogP contribution in [0.5, 0.6) is 0 Å². The summed E-state index contributed by atoms with van der Waals surface area (Å²) in [5.74, 6) is 1.64. The van der Waals surface area contributed by atoms with E-state index >= 15 is 0 Å². The molecule has 86 valence electrons. The predicted molar refractivity (Wildman–Crippen MR) is 61.7 cm³/mol. The Labute approximate surface area is 92.1 Å². The Hall–Kier alpha value is 0.200. The van der Waals surface area contributed by atoms with Crippen molar-refractivity contribution >= 4 is 21.4 Å². The van der Waals surface area contributed by atoms with Gasteiger partial charge in [0.05, 0.1) is 5.75 Å². The fraction of sp³-hybridized carbons (Fsp3) is 1.00. The van der Waals surface area contributed by atoms with Gasteiger partial charge in [-0.25, -0.2) is 8.42 Å². The number of hydrogen-bond acceptors (Lipinski definition) is 3. The standard InChI is InChI=1S/C9H20ClNO2S/c1-3-14(12,13)7-6-11-8-9(2)4-5-10/h9,11H,3-8H2,1-2H3. The third-order valence-electron chi connectivity index (χ3n) is 2.12. The minimum Gasteiger partial charge on any atom is -0.315 e. The third kappa shape index (κ3) is 7.59. The molecule has 0 spiro atoms. The molecule has 0 aromatic heterocycles. The van der Waals surface area contributed by atoms with Crippen LogP contribution >= 0.6 is 11.6 Å². The lowest BCUT2D eigenvalue weighted by molar-refractivity contribution is 0.510. The molecule has 0 heterocycles. The van der Waals surface area contributed by atoms with Crippen molar-refractivity contribution in [2.24, 2.45) is 5.92 Å². The second-order valence-electron chi connectivity index (χ2n) is 3.52. The summed E-state index contributed by atoms with van der Waals surface area (Å²) in [5, 5.41) is 3.12. The molecular formula is C9H20ClNO2S. The molecule has 5 heteroatoms. The highest BCUT2D eigenvalue weighted by Crippen LogP contribution is 2.00. The monoisotopic (exact) mass is 241 g/mol. The highest BCUT2D eigenvalue weighted by Gasteiger charge is 2.06. The Bertz CT molecular complexity index is 229. The highest BCUT2D eigenvalue weighted by atomic mass is 35.5. The quantitative estimate of drug-likeness (QED) is 0.514. The molecule has 0 bridgehead atoms. The number of nitrogens with one attached hydrogen (secondary N) is 1. The molecule has 1 atom stereocenters. The number of sulfone groups is 1. The van der Waals surface area contributed by atoms with E-state index in [1.54, 1.807) is 6.92 Å². The lowest BCUT2D eigenvalue weighted by atomic mass is 10.1. The van der Waals surface area contributed by atoms with Crippen LogP contribution < -0.4 is 5.32 Å². The van der Waals surface area contributed by atoms with Gasteiger partial charge in [0, 0.05) is 18.2 Å². The average Bonchev–Trinajstić information content (AvgIpc) is 2.13. The molecule has 14 heavy (non-hydrogen) atoms. The van der Waals surface area contributed by atoms with Crippen LogP contribution in [-0.4, -0.2) is 38.9 Å². The first-order valence-corrected chi connectivity index (χ1v) is 7.34. The van der Waals surface area contributed by atoms with Gasteiger partial charge < -0.3 is 5.32 Å². The second-order valence-corrected chi connectivity index (χ2v) is 6.37. The summed E-state index contributed by atoms with van der Waals surface area (Å²) in [4.78, 5) is 0. The molecular weight excluding hydrogens is 222 g/mol. The van der Waals surface area contributed by atoms with Crippen LogP contribution in [0.25, 0.3) is 0 Å². The summed E-state index contributed by atoms with van der Waals surface area (Å²) in [6.07, 6.45) is 0.967. The smallest absolute Gasteiger partial charge is 0.151 e. The lowest BCUT2D eigenvalue weighted by Crippen LogP contribution is -2.27. The van der Waals surface area contributed by atoms with Crippen molar-refractivity contribution in [3.63, 3.8) is 0 Å². The van der Waals surface area contributed by atoms with E-state index in [2.05, 4.69) is 12.2 Å². The van der Waals surface area contributed by atoms with Gasteiger partial charge in [0.2, 0.25) is 0 Å². The number of rotatable bonds is 8. The van der Waals surface area contributed by atoms with Crippen LogP contribution in [-0.2, 0) is 9.84 Å². The molecule has 0 aliphatic heterocycles. The normalized spacial score (nSPS) is 14.2. The van der Waals surface area contributed by atoms with Gasteiger partial charge >= 0.3 is 0 Å². The summed E-state index contributed by atoms with van der Waals surface area (Å²) in [6.45, 7) is 5.16. The fourth-order valence-electron chi connectivity index (χ4n) is 1.01. The van der Waals surface area contributed by atoms with E-state index in [0.717, 1.165) is 13.0 Å². The molecule has 0 aliphatic carbocycles. The second kappa shape index (κ2) is 7.49. The Balaban J connectivity index is 3.47. The summed E-state index contributed by atoms with van der Waals surface area (Å²) >= 11 is 5.58. The van der Waals surface area contributed by atoms with Gasteiger partial charge in [-0.1, -0.05) is 13.8 Å². The van der Waals surface area contributed by atoms with E-state index in [9.17, 15) is 8.42 Å². The van der Waals surface area contributed by atoms with E-state index in [4.69, 9.17) is 11.6 Å². The number of alkyl halides is 1. The van der Waals surface area contributed by atoms with Gasteiger partial charge in [-0.15, -0.1) is 11.6 Å². The van der Waals surface area contributed by atoms with Crippen LogP contribution in [0.1, 0.15) is 20.3 Å². The molecule has 0 fully saturated rings. The van der Waals surface area contributed by atoms with E-state index in [1.807, 2.05) is 0 Å². The van der Waals surface area contributed by atoms with Gasteiger partial charge in [-0.3, -0.25) is 0 Å². The fourth-order valence-corrected chi connectivity index (χ4v) is 2.13. The predicted octanol–water partition coefficient (Wildman–Crippen LogP) is 1.28. The van der Waals surface area contributed by atoms with Gasteiger partial charge in [-0.2, -0.15) is 0 Å². The summed E-state index contributed by atoms with van der Waals surface area (Å²) in [7, 11) is -2.82. The maximum atomic E-state index is 11.1. The van der Waals surface area contributed by atoms with E-state index in [0.29, 0.717) is 18.3 Å². The molecule has 0 aliphatic rings. The molecule has 0 rings (SSSR count). The zero-order valence-corrected chi connectivity index (χ0v) is 10.5. The van der Waals surface area contributed by atoms with Crippen molar-refractivity contribution in [1.82, 2.24) is 5.32 Å². The van der Waals surface area contributed by atoms with Gasteiger partial charge in [0.1, 0.15) is 0 Å². The average molecular weight is 242 g/mol. The Kier molecular flexibility index (Phi) is 7.59. The molecule has 0 radical (unpaired) electrons. The van der Waals surface area contributed by atoms with Crippen LogP contribution in [0.4, 0.5) is 0 Å². The third-order valence-corrected chi connectivity index (χ3v) is 4.05. The molecule has 0 saturated heterocycles. The molecule has 1 unspecified atom stereocenters. The van der Waals surface area contributed by atoms with Crippen molar-refractivity contribution < 1.29 is 8.42 Å². The Morgan fingerprint density at radius 3 is 2.57 bits per heavy atom. The molecule has 0 amide bonds. The van der Waals surface area contributed by atoms with Crippen molar-refractivity contribution in [2.45, 2.75) is 20.3 Å². The van der Waals surface area contributed by atoms with Gasteiger partial charge in [-0.05, 0) is 18.9 Å². The van der Waals surface area contributed by atoms with Crippen LogP contribution in [0.2, 0.25) is 0 Å². The summed E-state index contributed by atoms with van der Waals surface area (Å²) < 4.78 is 22.2. The van der Waals surface area contributed by atoms with Crippen LogP contribution in [0.3, 0.4) is 0 Å². The van der Waals surface area contributed by atoms with E-state index in [1.165, 1.54) is 0 Å². The largest absolute Gasteiger partial charge is 0.315 e. The SMILES string of the molecule is CCS(=O)(=O)CCNCC(C)CCCl. The zero-order valence-electron chi connectivity index (χ0n) is 8.92. The first-order chi connectivity index (χ1) is 6.52. The summed E-state index contributed by atoms with van der Waals surface area (Å²) in [5.41, 5.74) is 0. The Morgan fingerprint density at radius 2 is 2.07 bits per heavy atom. The van der Waals surface area contributed by atoms with E-state index in [-0.39, 0.29) is 11.5 Å². The van der Waals surface area contributed by atoms with Gasteiger partial charge in [0.25, 0.3) is 0 Å². The first kappa shape index (κ1) is 14.2. The molecule has 3 nitrogen and oxygen atoms in total. The van der Waals surface area contributed by atoms with Crippen LogP contribution in [0, 0.1) is 5.92 Å². The maximum Gasteiger partial charge on any atom is 0.151 e. The lowest BCUT2D eigenvalue weighted by Gasteiger charge is -2.10. The maximum absolute atomic E-state index is 11.1. The molecule has 0 aromatic carbocycles. The Morgan fingerprint density at radius 1 is 1.43 bits per heavy atom. The van der Waals surface area contributed by atoms with Crippen molar-refractivity contribution in [1.29, 1.82) is 0 Å². The first-order valence-electron chi connectivity index (χ1n) is 4.99. The number of hydrogen-bond donors (Lipinski definition) is 1. The van der Waals surface area contributed by atoms with Crippen molar-refractivity contribution in [3.8, 4) is 0 Å². The molecule has 1 N–H and O–H groups in total. The van der Waals surface area contributed by atoms with Crippen molar-refractivity contribution in [3.05, 3.63) is 0 Å². The molecule has 0 aromatic rings. The summed E-state index contributed by atoms with van der Waals surface area (Å²) in [6, 6.07) is 0. The van der Waals surface area contributed by atoms with E-state index < -0.39 is 9.84 Å². The minimum absolute atomic E-state index is 0.228. The zero-order chi connectivity index (χ0) is 11.0. The minimum atomic E-state index is -2.82.